The highest BCUT2D eigenvalue weighted by Crippen LogP contribution is 2.20. The van der Waals surface area contributed by atoms with Crippen molar-refractivity contribution in [3.05, 3.63) is 0 Å². The van der Waals surface area contributed by atoms with Gasteiger partial charge in [-0.05, 0) is 52.1 Å². The highest BCUT2D eigenvalue weighted by atomic mass is 16.5. The average Bonchev–Trinajstić information content (AvgIpc) is 2.45. The summed E-state index contributed by atoms with van der Waals surface area (Å²) < 4.78 is 5.62. The maximum atomic E-state index is 11.9. The summed E-state index contributed by atoms with van der Waals surface area (Å²) >= 11 is 0. The van der Waals surface area contributed by atoms with E-state index >= 15 is 0 Å². The monoisotopic (exact) mass is 313 g/mol. The maximum Gasteiger partial charge on any atom is 0.234 e. The van der Waals surface area contributed by atoms with Crippen LogP contribution in [0.25, 0.3) is 0 Å². The van der Waals surface area contributed by atoms with E-state index in [2.05, 4.69) is 43.2 Å². The van der Waals surface area contributed by atoms with Crippen molar-refractivity contribution in [3.8, 4) is 0 Å². The second-order valence-corrected chi connectivity index (χ2v) is 6.89. The predicted molar refractivity (Wildman–Crippen MR) is 91.0 cm³/mol. The Balaban J connectivity index is 2.05. The van der Waals surface area contributed by atoms with Gasteiger partial charge in [-0.2, -0.15) is 0 Å². The third-order valence-electron chi connectivity index (χ3n) is 4.05. The molecular weight excluding hydrogens is 278 g/mol. The number of carbonyl (C=O) groups excluding carboxylic acids is 1. The van der Waals surface area contributed by atoms with Gasteiger partial charge < -0.3 is 15.4 Å². The molecule has 5 heteroatoms. The number of piperidine rings is 1. The summed E-state index contributed by atoms with van der Waals surface area (Å²) in [5, 5.41) is 6.28. The molecule has 0 aliphatic carbocycles. The first kappa shape index (κ1) is 19.4. The van der Waals surface area contributed by atoms with Gasteiger partial charge in [0, 0.05) is 25.7 Å². The smallest absolute Gasteiger partial charge is 0.234 e. The van der Waals surface area contributed by atoms with Crippen molar-refractivity contribution in [1.82, 2.24) is 15.5 Å². The Morgan fingerprint density at radius 1 is 1.18 bits per heavy atom. The van der Waals surface area contributed by atoms with Crippen LogP contribution in [0.15, 0.2) is 0 Å². The molecule has 130 valence electrons. The molecule has 2 N–H and O–H groups in total. The Morgan fingerprint density at radius 2 is 1.86 bits per heavy atom. The second kappa shape index (κ2) is 11.0. The molecule has 0 spiro atoms. The largest absolute Gasteiger partial charge is 0.379 e. The van der Waals surface area contributed by atoms with E-state index < -0.39 is 0 Å². The van der Waals surface area contributed by atoms with Crippen LogP contribution >= 0.6 is 0 Å². The van der Waals surface area contributed by atoms with Crippen LogP contribution < -0.4 is 10.6 Å². The molecule has 0 unspecified atom stereocenters. The Labute approximate surface area is 136 Å². The highest BCUT2D eigenvalue weighted by molar-refractivity contribution is 5.78. The molecule has 1 rings (SSSR count). The van der Waals surface area contributed by atoms with Gasteiger partial charge >= 0.3 is 0 Å². The Kier molecular flexibility index (Phi) is 9.68. The molecular formula is C17H35N3O2. The van der Waals surface area contributed by atoms with Crippen LogP contribution in [0.4, 0.5) is 0 Å². The molecule has 1 amide bonds. The fourth-order valence-electron chi connectivity index (χ4n) is 2.73. The molecule has 0 radical (unpaired) electrons. The van der Waals surface area contributed by atoms with E-state index in [1.165, 1.54) is 12.8 Å². The lowest BCUT2D eigenvalue weighted by Crippen LogP contribution is -2.43. The summed E-state index contributed by atoms with van der Waals surface area (Å²) in [6, 6.07) is 0.468. The fraction of sp³-hybridized carbons (Fsp3) is 0.941. The molecule has 0 aromatic rings. The minimum atomic E-state index is 0.146. The van der Waals surface area contributed by atoms with Crippen molar-refractivity contribution in [2.75, 3.05) is 39.3 Å². The fourth-order valence-corrected chi connectivity index (χ4v) is 2.73. The van der Waals surface area contributed by atoms with Crippen molar-refractivity contribution in [2.24, 2.45) is 5.92 Å². The van der Waals surface area contributed by atoms with Crippen LogP contribution in [0.2, 0.25) is 0 Å². The molecule has 0 bridgehead atoms. The standard InChI is InChI=1S/C17H35N3O2/c1-14(2)18-8-9-19-17(21)13-20-10-5-16(6-11-20)7-12-22-15(3)4/h14-16,18H,5-13H2,1-4H3,(H,19,21). The number of nitrogens with zero attached hydrogens (tertiary/aromatic N) is 1. The van der Waals surface area contributed by atoms with Crippen molar-refractivity contribution in [3.63, 3.8) is 0 Å². The van der Waals surface area contributed by atoms with Crippen LogP contribution in [-0.4, -0.2) is 62.3 Å². The summed E-state index contributed by atoms with van der Waals surface area (Å²) in [7, 11) is 0. The summed E-state index contributed by atoms with van der Waals surface area (Å²) in [6.45, 7) is 13.4. The molecule has 22 heavy (non-hydrogen) atoms. The van der Waals surface area contributed by atoms with Crippen LogP contribution in [0.3, 0.4) is 0 Å². The van der Waals surface area contributed by atoms with Gasteiger partial charge in [-0.3, -0.25) is 9.69 Å². The Hall–Kier alpha value is -0.650. The molecule has 0 aromatic carbocycles. The third-order valence-corrected chi connectivity index (χ3v) is 4.05. The van der Waals surface area contributed by atoms with E-state index in [4.69, 9.17) is 4.74 Å². The number of ether oxygens (including phenoxy) is 1. The number of amides is 1. The van der Waals surface area contributed by atoms with E-state index in [1.54, 1.807) is 0 Å². The van der Waals surface area contributed by atoms with Crippen molar-refractivity contribution < 1.29 is 9.53 Å². The van der Waals surface area contributed by atoms with Gasteiger partial charge in [0.25, 0.3) is 0 Å². The van der Waals surface area contributed by atoms with Gasteiger partial charge in [0.15, 0.2) is 0 Å². The van der Waals surface area contributed by atoms with Crippen molar-refractivity contribution in [1.29, 1.82) is 0 Å². The highest BCUT2D eigenvalue weighted by Gasteiger charge is 2.20. The topological polar surface area (TPSA) is 53.6 Å². The Bertz CT molecular complexity index is 300. The molecule has 0 aromatic heterocycles. The molecule has 0 atom stereocenters. The minimum absolute atomic E-state index is 0.146. The van der Waals surface area contributed by atoms with E-state index in [0.717, 1.165) is 38.6 Å². The van der Waals surface area contributed by atoms with Gasteiger partial charge in [0.05, 0.1) is 12.6 Å². The summed E-state index contributed by atoms with van der Waals surface area (Å²) in [4.78, 5) is 14.2. The molecule has 1 saturated heterocycles. The lowest BCUT2D eigenvalue weighted by Gasteiger charge is -2.31. The zero-order valence-corrected chi connectivity index (χ0v) is 14.9. The molecule has 1 heterocycles. The molecule has 0 saturated carbocycles. The Morgan fingerprint density at radius 3 is 2.45 bits per heavy atom. The summed E-state index contributed by atoms with van der Waals surface area (Å²) in [5.74, 6) is 0.903. The van der Waals surface area contributed by atoms with Crippen LogP contribution in [0.5, 0.6) is 0 Å². The average molecular weight is 313 g/mol. The van der Waals surface area contributed by atoms with Gasteiger partial charge in [0.2, 0.25) is 5.91 Å². The van der Waals surface area contributed by atoms with Gasteiger partial charge in [-0.25, -0.2) is 0 Å². The van der Waals surface area contributed by atoms with Gasteiger partial charge in [-0.15, -0.1) is 0 Å². The number of likely N-dealkylation sites (tertiary alicyclic amines) is 1. The van der Waals surface area contributed by atoms with Crippen molar-refractivity contribution in [2.45, 2.75) is 59.1 Å². The zero-order chi connectivity index (χ0) is 16.4. The minimum Gasteiger partial charge on any atom is -0.379 e. The molecule has 1 aliphatic heterocycles. The first-order valence-corrected chi connectivity index (χ1v) is 8.81. The van der Waals surface area contributed by atoms with E-state index in [-0.39, 0.29) is 5.91 Å². The molecule has 1 aliphatic rings. The number of carbonyl (C=O) groups is 1. The zero-order valence-electron chi connectivity index (χ0n) is 14.9. The third kappa shape index (κ3) is 9.38. The van der Waals surface area contributed by atoms with Crippen molar-refractivity contribution >= 4 is 5.91 Å². The predicted octanol–water partition coefficient (Wildman–Crippen LogP) is 1.63. The lowest BCUT2D eigenvalue weighted by molar-refractivity contribution is -0.122. The number of hydrogen-bond acceptors (Lipinski definition) is 4. The number of hydrogen-bond donors (Lipinski definition) is 2. The van der Waals surface area contributed by atoms with E-state index in [1.807, 2.05) is 0 Å². The van der Waals surface area contributed by atoms with E-state index in [0.29, 0.717) is 25.2 Å². The normalized spacial score (nSPS) is 17.4. The van der Waals surface area contributed by atoms with Gasteiger partial charge in [-0.1, -0.05) is 13.8 Å². The lowest BCUT2D eigenvalue weighted by atomic mass is 9.94. The number of nitrogens with one attached hydrogen (secondary N) is 2. The summed E-state index contributed by atoms with van der Waals surface area (Å²) in [5.41, 5.74) is 0. The first-order chi connectivity index (χ1) is 10.5. The SMILES string of the molecule is CC(C)NCCNC(=O)CN1CCC(CCOC(C)C)CC1. The number of rotatable bonds is 10. The van der Waals surface area contributed by atoms with Crippen LogP contribution in [0.1, 0.15) is 47.0 Å². The molecule has 1 fully saturated rings. The quantitative estimate of drug-likeness (QED) is 0.602. The first-order valence-electron chi connectivity index (χ1n) is 8.81. The molecule has 5 nitrogen and oxygen atoms in total. The van der Waals surface area contributed by atoms with Crippen LogP contribution in [0, 0.1) is 5.92 Å². The second-order valence-electron chi connectivity index (χ2n) is 6.89. The van der Waals surface area contributed by atoms with Crippen LogP contribution in [-0.2, 0) is 9.53 Å². The van der Waals surface area contributed by atoms with Gasteiger partial charge in [0.1, 0.15) is 0 Å². The summed E-state index contributed by atoms with van der Waals surface area (Å²) in [6.07, 6.45) is 3.85. The maximum absolute atomic E-state index is 11.9. The van der Waals surface area contributed by atoms with E-state index in [9.17, 15) is 4.79 Å².